The quantitative estimate of drug-likeness (QED) is 0.418. The molecule has 0 amide bonds. The van der Waals surface area contributed by atoms with Crippen LogP contribution in [0, 0.1) is 6.92 Å². The Morgan fingerprint density at radius 3 is 2.57 bits per heavy atom. The van der Waals surface area contributed by atoms with Crippen LogP contribution in [-0.2, 0) is 0 Å². The summed E-state index contributed by atoms with van der Waals surface area (Å²) in [5, 5.41) is 15.9. The van der Waals surface area contributed by atoms with Crippen molar-refractivity contribution in [2.45, 2.75) is 6.92 Å². The maximum absolute atomic E-state index is 10.8. The van der Waals surface area contributed by atoms with Gasteiger partial charge in [0.1, 0.15) is 10.7 Å². The lowest BCUT2D eigenvalue weighted by atomic mass is 10.1. The van der Waals surface area contributed by atoms with Gasteiger partial charge in [-0.1, -0.05) is 54.6 Å². The number of aromatic carboxylic acids is 1. The Labute approximate surface area is 165 Å². The highest BCUT2D eigenvalue weighted by Gasteiger charge is 2.11. The van der Waals surface area contributed by atoms with E-state index in [0.29, 0.717) is 11.6 Å². The molecular weight excluding hydrogens is 372 g/mol. The van der Waals surface area contributed by atoms with E-state index in [9.17, 15) is 9.90 Å². The van der Waals surface area contributed by atoms with E-state index >= 15 is 0 Å². The number of aromatic nitrogens is 2. The van der Waals surface area contributed by atoms with Crippen LogP contribution in [0.2, 0.25) is 0 Å². The molecule has 2 aromatic heterocycles. The highest BCUT2D eigenvalue weighted by molar-refractivity contribution is 7.21. The molecule has 0 bridgehead atoms. The van der Waals surface area contributed by atoms with Crippen molar-refractivity contribution in [1.29, 1.82) is 0 Å². The van der Waals surface area contributed by atoms with Crippen LogP contribution >= 0.6 is 11.3 Å². The lowest BCUT2D eigenvalue weighted by molar-refractivity contribution is -0.255. The van der Waals surface area contributed by atoms with Gasteiger partial charge in [0.05, 0.1) is 17.6 Å². The average Bonchev–Trinajstić information content (AvgIpc) is 3.13. The number of thiophene rings is 1. The smallest absolute Gasteiger partial charge is 0.158 e. The maximum Gasteiger partial charge on any atom is 0.158 e. The van der Waals surface area contributed by atoms with E-state index < -0.39 is 5.97 Å². The number of carboxylic acid groups (broad SMARTS) is 1. The maximum atomic E-state index is 10.8. The van der Waals surface area contributed by atoms with Gasteiger partial charge >= 0.3 is 0 Å². The largest absolute Gasteiger partial charge is 0.545 e. The van der Waals surface area contributed by atoms with Crippen molar-refractivity contribution in [2.75, 3.05) is 5.43 Å². The molecule has 1 N–H and O–H groups in total. The molecule has 138 valence electrons. The minimum Gasteiger partial charge on any atom is -0.545 e. The first kappa shape index (κ1) is 17.8. The van der Waals surface area contributed by atoms with Crippen LogP contribution in [0.25, 0.3) is 20.7 Å². The third kappa shape index (κ3) is 3.74. The van der Waals surface area contributed by atoms with Gasteiger partial charge in [0, 0.05) is 4.88 Å². The number of hydrazone groups is 1. The Morgan fingerprint density at radius 2 is 1.86 bits per heavy atom. The Kier molecular flexibility index (Phi) is 4.82. The van der Waals surface area contributed by atoms with Gasteiger partial charge < -0.3 is 9.90 Å². The number of nitrogens with one attached hydrogen (secondary N) is 1. The van der Waals surface area contributed by atoms with Crippen molar-refractivity contribution in [3.63, 3.8) is 0 Å². The third-order valence-corrected chi connectivity index (χ3v) is 5.17. The van der Waals surface area contributed by atoms with E-state index in [1.54, 1.807) is 29.7 Å². The van der Waals surface area contributed by atoms with Crippen molar-refractivity contribution >= 4 is 39.6 Å². The van der Waals surface area contributed by atoms with Crippen molar-refractivity contribution in [1.82, 2.24) is 9.97 Å². The Balaban J connectivity index is 1.61. The molecule has 0 radical (unpaired) electrons. The van der Waals surface area contributed by atoms with Crippen LogP contribution in [0.3, 0.4) is 0 Å². The van der Waals surface area contributed by atoms with Crippen molar-refractivity contribution in [2.24, 2.45) is 5.10 Å². The minimum absolute atomic E-state index is 0.130. The van der Waals surface area contributed by atoms with E-state index in [4.69, 9.17) is 0 Å². The lowest BCUT2D eigenvalue weighted by Gasteiger charge is -2.03. The first-order valence-electron chi connectivity index (χ1n) is 8.54. The van der Waals surface area contributed by atoms with E-state index in [1.807, 2.05) is 25.1 Å². The summed E-state index contributed by atoms with van der Waals surface area (Å²) < 4.78 is 0. The summed E-state index contributed by atoms with van der Waals surface area (Å²) in [6, 6.07) is 18.5. The summed E-state index contributed by atoms with van der Waals surface area (Å²) in [5.41, 5.74) is 4.99. The minimum atomic E-state index is -1.20. The van der Waals surface area contributed by atoms with Crippen LogP contribution in [0.15, 0.2) is 65.8 Å². The summed E-state index contributed by atoms with van der Waals surface area (Å²) in [6.45, 7) is 1.84. The highest BCUT2D eigenvalue weighted by atomic mass is 32.1. The van der Waals surface area contributed by atoms with Crippen molar-refractivity contribution < 1.29 is 9.90 Å². The predicted molar refractivity (Wildman–Crippen MR) is 110 cm³/mol. The number of fused-ring (bicyclic) bond motifs is 1. The first-order chi connectivity index (χ1) is 13.6. The molecular formula is C21H15N4O2S-. The lowest BCUT2D eigenvalue weighted by Crippen LogP contribution is -2.21. The zero-order valence-electron chi connectivity index (χ0n) is 14.9. The third-order valence-electron chi connectivity index (χ3n) is 4.09. The second-order valence-corrected chi connectivity index (χ2v) is 7.13. The fraction of sp³-hybridized carbons (Fsp3) is 0.0476. The molecule has 0 aliphatic heterocycles. The number of carboxylic acids is 1. The van der Waals surface area contributed by atoms with Gasteiger partial charge in [0.25, 0.3) is 0 Å². The number of benzene rings is 2. The number of aryl methyl sites for hydroxylation is 1. The van der Waals surface area contributed by atoms with Gasteiger partial charge in [0.2, 0.25) is 0 Å². The number of hydrogen-bond acceptors (Lipinski definition) is 7. The van der Waals surface area contributed by atoms with E-state index in [2.05, 4.69) is 38.7 Å². The molecule has 6 nitrogen and oxygen atoms in total. The van der Waals surface area contributed by atoms with Crippen molar-refractivity contribution in [3.8, 4) is 10.4 Å². The van der Waals surface area contributed by atoms with Gasteiger partial charge in [-0.25, -0.2) is 9.97 Å². The standard InChI is InChI=1S/C21H16N4O2S/c1-13-23-19(25-22-12-14-7-9-16(10-8-14)21(26)27)17-11-18(28-20(17)24-13)15-5-3-2-4-6-15/h2-12H,1H3,(H,26,27)(H,23,24,25)/p-1/b22-12-. The second-order valence-electron chi connectivity index (χ2n) is 6.09. The summed E-state index contributed by atoms with van der Waals surface area (Å²) in [6.07, 6.45) is 1.60. The fourth-order valence-corrected chi connectivity index (χ4v) is 3.81. The van der Waals surface area contributed by atoms with Gasteiger partial charge in [-0.2, -0.15) is 5.10 Å². The fourth-order valence-electron chi connectivity index (χ4n) is 2.73. The monoisotopic (exact) mass is 387 g/mol. The van der Waals surface area contributed by atoms with Crippen molar-refractivity contribution in [3.05, 3.63) is 77.6 Å². The molecule has 0 saturated carbocycles. The van der Waals surface area contributed by atoms with Crippen LogP contribution in [0.4, 0.5) is 5.82 Å². The van der Waals surface area contributed by atoms with Crippen LogP contribution in [0.5, 0.6) is 0 Å². The van der Waals surface area contributed by atoms with Gasteiger partial charge in [-0.05, 0) is 29.7 Å². The summed E-state index contributed by atoms with van der Waals surface area (Å²) in [4.78, 5) is 21.8. The van der Waals surface area contributed by atoms with Gasteiger partial charge in [0.15, 0.2) is 5.82 Å². The number of nitrogens with zero attached hydrogens (tertiary/aromatic N) is 3. The van der Waals surface area contributed by atoms with Crippen LogP contribution in [-0.4, -0.2) is 22.2 Å². The Hall–Kier alpha value is -3.58. The highest BCUT2D eigenvalue weighted by Crippen LogP contribution is 2.35. The first-order valence-corrected chi connectivity index (χ1v) is 9.36. The normalized spacial score (nSPS) is 11.2. The molecule has 0 unspecified atom stereocenters. The van der Waals surface area contributed by atoms with E-state index in [1.165, 1.54) is 12.1 Å². The van der Waals surface area contributed by atoms with Crippen LogP contribution in [0.1, 0.15) is 21.7 Å². The summed E-state index contributed by atoms with van der Waals surface area (Å²) >= 11 is 1.61. The Morgan fingerprint density at radius 1 is 1.11 bits per heavy atom. The summed E-state index contributed by atoms with van der Waals surface area (Å²) in [7, 11) is 0. The topological polar surface area (TPSA) is 90.3 Å². The second kappa shape index (κ2) is 7.58. The van der Waals surface area contributed by atoms with Crippen LogP contribution < -0.4 is 10.5 Å². The molecule has 0 saturated heterocycles. The molecule has 2 aromatic carbocycles. The number of hydrogen-bond donors (Lipinski definition) is 1. The molecule has 0 atom stereocenters. The average molecular weight is 387 g/mol. The molecule has 4 rings (SSSR count). The number of carbonyl (C=O) groups excluding carboxylic acids is 1. The molecule has 0 aliphatic carbocycles. The SMILES string of the molecule is Cc1nc(N/N=C\c2ccc(C(=O)[O-])cc2)c2cc(-c3ccccc3)sc2n1. The molecule has 2 heterocycles. The van der Waals surface area contributed by atoms with Gasteiger partial charge in [-0.15, -0.1) is 11.3 Å². The zero-order valence-corrected chi connectivity index (χ0v) is 15.7. The van der Waals surface area contributed by atoms with Gasteiger partial charge in [-0.3, -0.25) is 5.43 Å². The molecule has 0 spiro atoms. The van der Waals surface area contributed by atoms with E-state index in [-0.39, 0.29) is 5.56 Å². The number of carbonyl (C=O) groups is 1. The zero-order chi connectivity index (χ0) is 19.5. The Bertz CT molecular complexity index is 1170. The number of rotatable bonds is 5. The molecule has 28 heavy (non-hydrogen) atoms. The molecule has 0 aliphatic rings. The summed E-state index contributed by atoms with van der Waals surface area (Å²) in [5.74, 6) is 0.0839. The predicted octanol–water partition coefficient (Wildman–Crippen LogP) is 3.48. The van der Waals surface area contributed by atoms with E-state index in [0.717, 1.165) is 26.2 Å². The number of anilines is 1. The molecule has 0 fully saturated rings. The molecule has 7 heteroatoms. The molecule has 4 aromatic rings.